The van der Waals surface area contributed by atoms with Gasteiger partial charge < -0.3 is 11.1 Å². The summed E-state index contributed by atoms with van der Waals surface area (Å²) in [7, 11) is 1.60. The Kier molecular flexibility index (Phi) is 8.42. The summed E-state index contributed by atoms with van der Waals surface area (Å²) in [5.74, 6) is -0.782. The first kappa shape index (κ1) is 22.1. The zero-order valence-electron chi connectivity index (χ0n) is 14.4. The van der Waals surface area contributed by atoms with Gasteiger partial charge in [-0.2, -0.15) is 5.26 Å². The number of benzene rings is 1. The van der Waals surface area contributed by atoms with E-state index in [0.29, 0.717) is 28.4 Å². The summed E-state index contributed by atoms with van der Waals surface area (Å²) < 4.78 is 14.1. The second kappa shape index (κ2) is 10.3. The number of hydrogen-bond acceptors (Lipinski definition) is 5. The Bertz CT molecular complexity index is 861. The van der Waals surface area contributed by atoms with Gasteiger partial charge in [-0.1, -0.05) is 26.1 Å². The van der Waals surface area contributed by atoms with Gasteiger partial charge in [0.15, 0.2) is 5.17 Å². The molecule has 0 aliphatic rings. The molecule has 8 heteroatoms. The Labute approximate surface area is 162 Å². The van der Waals surface area contributed by atoms with Gasteiger partial charge >= 0.3 is 0 Å². The van der Waals surface area contributed by atoms with Crippen LogP contribution in [0, 0.1) is 17.1 Å². The molecule has 0 saturated carbocycles. The van der Waals surface area contributed by atoms with Crippen molar-refractivity contribution in [2.75, 3.05) is 12.4 Å². The lowest BCUT2D eigenvalue weighted by Crippen LogP contribution is -2.15. The number of nitrogens with zero attached hydrogens (tertiary/aromatic N) is 3. The first-order chi connectivity index (χ1) is 12.4. The molecule has 0 radical (unpaired) electrons. The fourth-order valence-corrected chi connectivity index (χ4v) is 2.99. The Morgan fingerprint density at radius 2 is 2.19 bits per heavy atom. The van der Waals surface area contributed by atoms with Crippen LogP contribution in [0.15, 0.2) is 41.5 Å². The van der Waals surface area contributed by atoms with E-state index in [1.165, 1.54) is 42.2 Å². The molecular formula is C19H22FN5OS. The summed E-state index contributed by atoms with van der Waals surface area (Å²) in [6.07, 6.45) is 1.76. The highest BCUT2D eigenvalue weighted by Gasteiger charge is 2.13. The monoisotopic (exact) mass is 387 g/mol. The molecule has 27 heavy (non-hydrogen) atoms. The maximum absolute atomic E-state index is 14.1. The molecule has 0 saturated heterocycles. The number of aromatic nitrogens is 1. The number of carbonyl (C=O) groups is 1. The largest absolute Gasteiger partial charge is 0.379 e. The van der Waals surface area contributed by atoms with Gasteiger partial charge in [0.2, 0.25) is 0 Å². The summed E-state index contributed by atoms with van der Waals surface area (Å²) in [4.78, 5) is 20.0. The van der Waals surface area contributed by atoms with Gasteiger partial charge in [-0.3, -0.25) is 9.79 Å². The number of hydrogen-bond donors (Lipinski definition) is 2. The summed E-state index contributed by atoms with van der Waals surface area (Å²) >= 11 is 1.36. The number of nitrogens with two attached hydrogens (primary N) is 1. The molecule has 0 bridgehead atoms. The number of anilines is 1. The average Bonchev–Trinajstić information content (AvgIpc) is 2.64. The predicted molar refractivity (Wildman–Crippen MR) is 108 cm³/mol. The van der Waals surface area contributed by atoms with Crippen molar-refractivity contribution in [2.45, 2.75) is 26.0 Å². The highest BCUT2D eigenvalue weighted by Crippen LogP contribution is 2.21. The lowest BCUT2D eigenvalue weighted by Gasteiger charge is -2.13. The minimum atomic E-state index is -0.433. The third kappa shape index (κ3) is 6.38. The number of nitriles is 1. The number of amides is 1. The molecule has 6 nitrogen and oxygen atoms in total. The Balaban J connectivity index is 0.00000364. The molecule has 142 valence electrons. The van der Waals surface area contributed by atoms with Crippen LogP contribution < -0.4 is 11.1 Å². The maximum Gasteiger partial charge on any atom is 0.274 e. The van der Waals surface area contributed by atoms with Crippen molar-refractivity contribution in [3.8, 4) is 6.07 Å². The number of carbonyl (C=O) groups excluding carboxylic acids is 1. The summed E-state index contributed by atoms with van der Waals surface area (Å²) in [5.41, 5.74) is 7.16. The number of nitrogens with one attached hydrogen (secondary N) is 1. The first-order valence-corrected chi connectivity index (χ1v) is 8.65. The smallest absolute Gasteiger partial charge is 0.274 e. The fraction of sp³-hybridized carbons (Fsp3) is 0.263. The van der Waals surface area contributed by atoms with Gasteiger partial charge in [-0.25, -0.2) is 9.37 Å². The molecule has 1 aromatic carbocycles. The molecule has 1 amide bonds. The highest BCUT2D eigenvalue weighted by atomic mass is 32.2. The molecule has 1 atom stereocenters. The molecule has 3 N–H and O–H groups in total. The van der Waals surface area contributed by atoms with Crippen LogP contribution in [0.3, 0.4) is 0 Å². The zero-order chi connectivity index (χ0) is 19.1. The second-order valence-corrected chi connectivity index (χ2v) is 6.96. The van der Waals surface area contributed by atoms with Crippen LogP contribution in [-0.4, -0.2) is 28.4 Å². The molecule has 0 fully saturated rings. The van der Waals surface area contributed by atoms with Gasteiger partial charge in [-0.15, -0.1) is 0 Å². The van der Waals surface area contributed by atoms with Crippen molar-refractivity contribution < 1.29 is 9.18 Å². The predicted octanol–water partition coefficient (Wildman–Crippen LogP) is 3.59. The van der Waals surface area contributed by atoms with Crippen molar-refractivity contribution >= 4 is 28.5 Å². The highest BCUT2D eigenvalue weighted by molar-refractivity contribution is 8.14. The maximum atomic E-state index is 14.1. The van der Waals surface area contributed by atoms with Crippen molar-refractivity contribution in [1.29, 1.82) is 5.26 Å². The van der Waals surface area contributed by atoms with E-state index >= 15 is 0 Å². The molecule has 0 spiro atoms. The Hall–Kier alpha value is -2.92. The van der Waals surface area contributed by atoms with Crippen molar-refractivity contribution in [3.05, 3.63) is 59.2 Å². The summed E-state index contributed by atoms with van der Waals surface area (Å²) in [5, 5.41) is 11.9. The number of pyridine rings is 1. The lowest BCUT2D eigenvalue weighted by molar-refractivity contribution is 0.102. The first-order valence-electron chi connectivity index (χ1n) is 7.77. The van der Waals surface area contributed by atoms with Crippen LogP contribution in [0.1, 0.15) is 36.0 Å². The van der Waals surface area contributed by atoms with E-state index < -0.39 is 5.91 Å². The Morgan fingerprint density at radius 3 is 2.78 bits per heavy atom. The van der Waals surface area contributed by atoms with E-state index in [4.69, 9.17) is 11.0 Å². The molecule has 1 heterocycles. The van der Waals surface area contributed by atoms with E-state index in [0.717, 1.165) is 0 Å². The molecular weight excluding hydrogens is 365 g/mol. The van der Waals surface area contributed by atoms with Crippen molar-refractivity contribution in [3.63, 3.8) is 0 Å². The van der Waals surface area contributed by atoms with Crippen LogP contribution in [0.5, 0.6) is 0 Å². The number of thioether (sulfide) groups is 1. The minimum Gasteiger partial charge on any atom is -0.379 e. The van der Waals surface area contributed by atoms with Gasteiger partial charge in [0.1, 0.15) is 17.6 Å². The van der Waals surface area contributed by atoms with Gasteiger partial charge in [0, 0.05) is 24.2 Å². The standard InChI is InChI=1S/C18H18FN5OS.CH4/c1-11(26-18(21)22-2)7-13-8-14(4-5-15(13)19)24-17(25)16-6-3-12(9-20)10-23-16;/h3-6,8,10-11H,7H2,1-2H3,(H2,21,22)(H,24,25);1H4. The minimum absolute atomic E-state index is 0. The summed E-state index contributed by atoms with van der Waals surface area (Å²) in [6, 6.07) is 9.30. The van der Waals surface area contributed by atoms with E-state index in [1.54, 1.807) is 13.1 Å². The van der Waals surface area contributed by atoms with Crippen molar-refractivity contribution in [2.24, 2.45) is 10.7 Å². The summed E-state index contributed by atoms with van der Waals surface area (Å²) in [6.45, 7) is 1.92. The number of rotatable bonds is 5. The Morgan fingerprint density at radius 1 is 1.44 bits per heavy atom. The normalized spacial score (nSPS) is 11.9. The van der Waals surface area contributed by atoms with Gasteiger partial charge in [-0.05, 0) is 42.3 Å². The lowest BCUT2D eigenvalue weighted by atomic mass is 10.1. The van der Waals surface area contributed by atoms with E-state index in [9.17, 15) is 9.18 Å². The third-order valence-electron chi connectivity index (χ3n) is 3.48. The molecule has 1 unspecified atom stereocenters. The van der Waals surface area contributed by atoms with Crippen LogP contribution in [0.25, 0.3) is 0 Å². The average molecular weight is 387 g/mol. The second-order valence-electron chi connectivity index (χ2n) is 5.50. The topological polar surface area (TPSA) is 104 Å². The molecule has 2 rings (SSSR count). The van der Waals surface area contributed by atoms with E-state index in [1.807, 2.05) is 13.0 Å². The molecule has 1 aromatic heterocycles. The molecule has 2 aromatic rings. The zero-order valence-corrected chi connectivity index (χ0v) is 15.2. The molecule has 0 aliphatic carbocycles. The third-order valence-corrected chi connectivity index (χ3v) is 4.47. The van der Waals surface area contributed by atoms with Crippen LogP contribution >= 0.6 is 11.8 Å². The SMILES string of the molecule is C.CN=C(N)SC(C)Cc1cc(NC(=O)c2ccc(C#N)cn2)ccc1F. The van der Waals surface area contributed by atoms with Crippen LogP contribution in [-0.2, 0) is 6.42 Å². The van der Waals surface area contributed by atoms with Crippen molar-refractivity contribution in [1.82, 2.24) is 4.98 Å². The quantitative estimate of drug-likeness (QED) is 0.603. The van der Waals surface area contributed by atoms with Gasteiger partial charge in [0.25, 0.3) is 5.91 Å². The number of halogens is 1. The van der Waals surface area contributed by atoms with Gasteiger partial charge in [0.05, 0.1) is 5.56 Å². The van der Waals surface area contributed by atoms with E-state index in [2.05, 4.69) is 15.3 Å². The number of aliphatic imine (C=N–C) groups is 1. The van der Waals surface area contributed by atoms with Crippen LogP contribution in [0.2, 0.25) is 0 Å². The van der Waals surface area contributed by atoms with E-state index in [-0.39, 0.29) is 24.2 Å². The number of amidine groups is 1. The van der Waals surface area contributed by atoms with Crippen LogP contribution in [0.4, 0.5) is 10.1 Å². The fourth-order valence-electron chi connectivity index (χ4n) is 2.21. The molecule has 0 aliphatic heterocycles.